The van der Waals surface area contributed by atoms with E-state index in [9.17, 15) is 0 Å². The van der Waals surface area contributed by atoms with Crippen LogP contribution in [-0.4, -0.2) is 11.5 Å². The molecule has 0 spiro atoms. The summed E-state index contributed by atoms with van der Waals surface area (Å²) in [5.41, 5.74) is 8.86. The van der Waals surface area contributed by atoms with Crippen LogP contribution in [0.25, 0.3) is 0 Å². The molecule has 1 unspecified atom stereocenters. The number of nitrogens with zero attached hydrogens (tertiary/aromatic N) is 1. The Labute approximate surface area is 70.5 Å². The van der Waals surface area contributed by atoms with Gasteiger partial charge in [-0.2, -0.15) is 0 Å². The van der Waals surface area contributed by atoms with E-state index in [4.69, 9.17) is 5.73 Å². The highest BCUT2D eigenvalue weighted by Crippen LogP contribution is 2.26. The molecule has 1 aromatic heterocycles. The molecular weight excluding hydrogens is 156 g/mol. The van der Waals surface area contributed by atoms with Gasteiger partial charge < -0.3 is 5.73 Å². The number of aromatic nitrogens is 1. The van der Waals surface area contributed by atoms with E-state index in [1.54, 1.807) is 11.3 Å². The predicted molar refractivity (Wildman–Crippen MR) is 46.7 cm³/mol. The summed E-state index contributed by atoms with van der Waals surface area (Å²) in [4.78, 5) is 5.80. The van der Waals surface area contributed by atoms with Gasteiger partial charge in [-0.15, -0.1) is 11.3 Å². The average molecular weight is 168 g/mol. The van der Waals surface area contributed by atoms with Gasteiger partial charge in [0, 0.05) is 4.88 Å². The van der Waals surface area contributed by atoms with Crippen LogP contribution in [0.2, 0.25) is 0 Å². The van der Waals surface area contributed by atoms with E-state index in [1.807, 2.05) is 5.51 Å². The van der Waals surface area contributed by atoms with Gasteiger partial charge in [0.25, 0.3) is 0 Å². The van der Waals surface area contributed by atoms with Crippen LogP contribution < -0.4 is 5.73 Å². The molecule has 0 saturated carbocycles. The number of hydrogen-bond acceptors (Lipinski definition) is 3. The first-order chi connectivity index (χ1) is 5.40. The summed E-state index contributed by atoms with van der Waals surface area (Å²) in [7, 11) is 0. The highest BCUT2D eigenvalue weighted by atomic mass is 32.1. The minimum Gasteiger partial charge on any atom is -0.330 e. The van der Waals surface area contributed by atoms with Gasteiger partial charge in [0.05, 0.1) is 11.2 Å². The molecule has 0 aromatic carbocycles. The lowest BCUT2D eigenvalue weighted by molar-refractivity contribution is 0.467. The van der Waals surface area contributed by atoms with Crippen molar-refractivity contribution in [2.24, 2.45) is 11.7 Å². The molecule has 2 rings (SSSR count). The summed E-state index contributed by atoms with van der Waals surface area (Å²) in [6.07, 6.45) is 3.56. The van der Waals surface area contributed by atoms with Crippen LogP contribution in [-0.2, 0) is 12.8 Å². The van der Waals surface area contributed by atoms with Crippen LogP contribution in [0.1, 0.15) is 17.0 Å². The van der Waals surface area contributed by atoms with Gasteiger partial charge in [0.1, 0.15) is 0 Å². The van der Waals surface area contributed by atoms with Crippen LogP contribution in [0.4, 0.5) is 0 Å². The zero-order valence-electron chi connectivity index (χ0n) is 6.42. The minimum atomic E-state index is 0.685. The first-order valence-corrected chi connectivity index (χ1v) is 4.89. The smallest absolute Gasteiger partial charge is 0.0797 e. The Morgan fingerprint density at radius 1 is 1.73 bits per heavy atom. The maximum Gasteiger partial charge on any atom is 0.0797 e. The summed E-state index contributed by atoms with van der Waals surface area (Å²) >= 11 is 1.79. The highest BCUT2D eigenvalue weighted by molar-refractivity contribution is 7.09. The van der Waals surface area contributed by atoms with E-state index in [2.05, 4.69) is 4.98 Å². The quantitative estimate of drug-likeness (QED) is 0.684. The Balaban J connectivity index is 2.18. The molecule has 0 saturated heterocycles. The van der Waals surface area contributed by atoms with Crippen molar-refractivity contribution < 1.29 is 0 Å². The summed E-state index contributed by atoms with van der Waals surface area (Å²) in [5.74, 6) is 0.685. The number of rotatable bonds is 1. The molecule has 1 heterocycles. The molecule has 2 N–H and O–H groups in total. The molecule has 60 valence electrons. The SMILES string of the molecule is NCC1CCc2scnc2C1. The van der Waals surface area contributed by atoms with E-state index in [0.29, 0.717) is 5.92 Å². The molecule has 0 bridgehead atoms. The van der Waals surface area contributed by atoms with Crippen LogP contribution in [0.15, 0.2) is 5.51 Å². The monoisotopic (exact) mass is 168 g/mol. The van der Waals surface area contributed by atoms with Crippen molar-refractivity contribution in [2.75, 3.05) is 6.54 Å². The average Bonchev–Trinajstić information content (AvgIpc) is 2.50. The van der Waals surface area contributed by atoms with Gasteiger partial charge in [0.2, 0.25) is 0 Å². The fourth-order valence-electron chi connectivity index (χ4n) is 1.58. The maximum absolute atomic E-state index is 5.60. The van der Waals surface area contributed by atoms with Crippen LogP contribution in [0, 0.1) is 5.92 Å². The van der Waals surface area contributed by atoms with E-state index >= 15 is 0 Å². The molecule has 1 atom stereocenters. The predicted octanol–water partition coefficient (Wildman–Crippen LogP) is 1.21. The standard InChI is InChI=1S/C8H12N2S/c9-4-6-1-2-8-7(3-6)10-5-11-8/h5-6H,1-4,9H2. The van der Waals surface area contributed by atoms with Crippen molar-refractivity contribution in [2.45, 2.75) is 19.3 Å². The molecule has 0 amide bonds. The third-order valence-corrected chi connectivity index (χ3v) is 3.26. The summed E-state index contributed by atoms with van der Waals surface area (Å²) in [5, 5.41) is 0. The molecule has 1 aromatic rings. The Hall–Kier alpha value is -0.410. The number of aryl methyl sites for hydroxylation is 1. The van der Waals surface area contributed by atoms with Gasteiger partial charge >= 0.3 is 0 Å². The highest BCUT2D eigenvalue weighted by Gasteiger charge is 2.18. The van der Waals surface area contributed by atoms with Crippen LogP contribution >= 0.6 is 11.3 Å². The number of fused-ring (bicyclic) bond motifs is 1. The number of hydrogen-bond donors (Lipinski definition) is 1. The molecule has 2 nitrogen and oxygen atoms in total. The second-order valence-electron chi connectivity index (χ2n) is 3.07. The van der Waals surface area contributed by atoms with Crippen molar-refractivity contribution >= 4 is 11.3 Å². The molecule has 1 aliphatic carbocycles. The summed E-state index contributed by atoms with van der Waals surface area (Å²) < 4.78 is 0. The Kier molecular flexibility index (Phi) is 1.92. The van der Waals surface area contributed by atoms with Gasteiger partial charge in [0.15, 0.2) is 0 Å². The Bertz CT molecular complexity index is 244. The van der Waals surface area contributed by atoms with E-state index in [-0.39, 0.29) is 0 Å². The van der Waals surface area contributed by atoms with Crippen molar-refractivity contribution in [3.63, 3.8) is 0 Å². The summed E-state index contributed by atoms with van der Waals surface area (Å²) in [6, 6.07) is 0. The van der Waals surface area contributed by atoms with Gasteiger partial charge in [-0.3, -0.25) is 0 Å². The molecule has 3 heteroatoms. The normalized spacial score (nSPS) is 23.2. The van der Waals surface area contributed by atoms with Gasteiger partial charge in [-0.1, -0.05) is 0 Å². The Morgan fingerprint density at radius 2 is 2.64 bits per heavy atom. The lowest BCUT2D eigenvalue weighted by atomic mass is 9.91. The molecule has 0 fully saturated rings. The zero-order chi connectivity index (χ0) is 7.68. The van der Waals surface area contributed by atoms with Gasteiger partial charge in [-0.05, 0) is 31.7 Å². The summed E-state index contributed by atoms with van der Waals surface area (Å²) in [6.45, 7) is 0.816. The van der Waals surface area contributed by atoms with Crippen LogP contribution in [0.3, 0.4) is 0 Å². The van der Waals surface area contributed by atoms with Gasteiger partial charge in [-0.25, -0.2) is 4.98 Å². The third kappa shape index (κ3) is 1.30. The third-order valence-electron chi connectivity index (χ3n) is 2.32. The lowest BCUT2D eigenvalue weighted by Crippen LogP contribution is -2.21. The molecular formula is C8H12N2S. The maximum atomic E-state index is 5.60. The van der Waals surface area contributed by atoms with Crippen molar-refractivity contribution in [1.29, 1.82) is 0 Å². The first-order valence-electron chi connectivity index (χ1n) is 4.01. The second-order valence-corrected chi connectivity index (χ2v) is 4.01. The van der Waals surface area contributed by atoms with E-state index < -0.39 is 0 Å². The topological polar surface area (TPSA) is 38.9 Å². The van der Waals surface area contributed by atoms with E-state index in [0.717, 1.165) is 13.0 Å². The fourth-order valence-corrected chi connectivity index (χ4v) is 2.39. The molecule has 0 radical (unpaired) electrons. The Morgan fingerprint density at radius 3 is 3.45 bits per heavy atom. The first kappa shape index (κ1) is 7.25. The van der Waals surface area contributed by atoms with Crippen molar-refractivity contribution in [3.05, 3.63) is 16.1 Å². The molecule has 0 aliphatic heterocycles. The molecule has 1 aliphatic rings. The largest absolute Gasteiger partial charge is 0.330 e. The fraction of sp³-hybridized carbons (Fsp3) is 0.625. The van der Waals surface area contributed by atoms with Crippen molar-refractivity contribution in [1.82, 2.24) is 4.98 Å². The zero-order valence-corrected chi connectivity index (χ0v) is 7.23. The molecule has 11 heavy (non-hydrogen) atoms. The minimum absolute atomic E-state index is 0.685. The second kappa shape index (κ2) is 2.91. The number of thiazole rings is 1. The van der Waals surface area contributed by atoms with Crippen molar-refractivity contribution in [3.8, 4) is 0 Å². The number of nitrogens with two attached hydrogens (primary N) is 1. The van der Waals surface area contributed by atoms with E-state index in [1.165, 1.54) is 23.4 Å². The van der Waals surface area contributed by atoms with Crippen LogP contribution in [0.5, 0.6) is 0 Å². The lowest BCUT2D eigenvalue weighted by Gasteiger charge is -2.18.